The summed E-state index contributed by atoms with van der Waals surface area (Å²) in [5.74, 6) is 1.24. The fourth-order valence-electron chi connectivity index (χ4n) is 3.23. The Labute approximate surface area is 134 Å². The quantitative estimate of drug-likeness (QED) is 0.862. The van der Waals surface area contributed by atoms with Crippen molar-refractivity contribution >= 4 is 5.97 Å². The Morgan fingerprint density at radius 3 is 2.87 bits per heavy atom. The van der Waals surface area contributed by atoms with E-state index < -0.39 is 0 Å². The smallest absolute Gasteiger partial charge is 0.323 e. The Kier molecular flexibility index (Phi) is 3.42. The van der Waals surface area contributed by atoms with Gasteiger partial charge in [0.25, 0.3) is 0 Å². The fraction of sp³-hybridized carbons (Fsp3) is 0.278. The average molecular weight is 311 g/mol. The minimum Gasteiger partial charge on any atom is -0.468 e. The van der Waals surface area contributed by atoms with Crippen molar-refractivity contribution in [3.8, 4) is 11.5 Å². The molecule has 0 aromatic heterocycles. The number of nitrogens with one attached hydrogen (secondary N) is 1. The van der Waals surface area contributed by atoms with E-state index in [9.17, 15) is 4.79 Å². The molecule has 5 heteroatoms. The van der Waals surface area contributed by atoms with Gasteiger partial charge in [-0.2, -0.15) is 0 Å². The van der Waals surface area contributed by atoms with Crippen molar-refractivity contribution in [2.45, 2.75) is 18.5 Å². The Balaban J connectivity index is 1.75. The van der Waals surface area contributed by atoms with Crippen molar-refractivity contribution in [2.75, 3.05) is 13.9 Å². The molecule has 0 amide bonds. The second-order valence-electron chi connectivity index (χ2n) is 5.69. The van der Waals surface area contributed by atoms with E-state index in [4.69, 9.17) is 14.2 Å². The van der Waals surface area contributed by atoms with Crippen LogP contribution in [0.15, 0.2) is 42.5 Å². The second-order valence-corrected chi connectivity index (χ2v) is 5.69. The Bertz CT molecular complexity index is 758. The lowest BCUT2D eigenvalue weighted by Crippen LogP contribution is -2.45. The maximum Gasteiger partial charge on any atom is 0.323 e. The highest BCUT2D eigenvalue weighted by atomic mass is 16.7. The highest BCUT2D eigenvalue weighted by Gasteiger charge is 2.32. The molecule has 4 rings (SSSR count). The lowest BCUT2D eigenvalue weighted by molar-refractivity contribution is -0.143. The molecule has 0 spiro atoms. The van der Waals surface area contributed by atoms with Gasteiger partial charge in [0, 0.05) is 0 Å². The third-order valence-electron chi connectivity index (χ3n) is 4.37. The van der Waals surface area contributed by atoms with E-state index in [2.05, 4.69) is 17.4 Å². The van der Waals surface area contributed by atoms with E-state index in [1.54, 1.807) is 0 Å². The zero-order valence-corrected chi connectivity index (χ0v) is 12.7. The minimum atomic E-state index is -0.356. The van der Waals surface area contributed by atoms with Crippen LogP contribution in [-0.2, 0) is 16.0 Å². The SMILES string of the molecule is COC(=O)C1Cc2ccccc2[C@@H](c2ccc3c(c2)OCO3)N1. The number of benzene rings is 2. The third-order valence-corrected chi connectivity index (χ3v) is 4.37. The van der Waals surface area contributed by atoms with Crippen molar-refractivity contribution in [1.82, 2.24) is 5.32 Å². The van der Waals surface area contributed by atoms with Crippen LogP contribution in [0.4, 0.5) is 0 Å². The molecule has 2 atom stereocenters. The van der Waals surface area contributed by atoms with Gasteiger partial charge < -0.3 is 14.2 Å². The van der Waals surface area contributed by atoms with Gasteiger partial charge in [0.05, 0.1) is 13.2 Å². The van der Waals surface area contributed by atoms with Crippen LogP contribution in [0.1, 0.15) is 22.7 Å². The first-order chi connectivity index (χ1) is 11.3. The number of rotatable bonds is 2. The van der Waals surface area contributed by atoms with Gasteiger partial charge in [0.2, 0.25) is 6.79 Å². The summed E-state index contributed by atoms with van der Waals surface area (Å²) in [5, 5.41) is 3.40. The van der Waals surface area contributed by atoms with Crippen molar-refractivity contribution in [1.29, 1.82) is 0 Å². The lowest BCUT2D eigenvalue weighted by atomic mass is 9.86. The van der Waals surface area contributed by atoms with Crippen LogP contribution in [0.2, 0.25) is 0 Å². The zero-order valence-electron chi connectivity index (χ0n) is 12.7. The van der Waals surface area contributed by atoms with E-state index in [1.165, 1.54) is 12.7 Å². The number of carbonyl (C=O) groups is 1. The van der Waals surface area contributed by atoms with Crippen molar-refractivity contribution in [2.24, 2.45) is 0 Å². The highest BCUT2D eigenvalue weighted by molar-refractivity contribution is 5.77. The summed E-state index contributed by atoms with van der Waals surface area (Å²) in [6.07, 6.45) is 0.629. The number of carbonyl (C=O) groups excluding carboxylic acids is 1. The van der Waals surface area contributed by atoms with Crippen LogP contribution < -0.4 is 14.8 Å². The van der Waals surface area contributed by atoms with Crippen molar-refractivity contribution < 1.29 is 19.0 Å². The van der Waals surface area contributed by atoms with Crippen LogP contribution >= 0.6 is 0 Å². The van der Waals surface area contributed by atoms with Crippen LogP contribution in [0.3, 0.4) is 0 Å². The Morgan fingerprint density at radius 2 is 2.00 bits per heavy atom. The summed E-state index contributed by atoms with van der Waals surface area (Å²) in [6.45, 7) is 0.248. The maximum atomic E-state index is 12.0. The molecule has 1 unspecified atom stereocenters. The van der Waals surface area contributed by atoms with E-state index in [-0.39, 0.29) is 24.8 Å². The zero-order chi connectivity index (χ0) is 15.8. The number of esters is 1. The van der Waals surface area contributed by atoms with Gasteiger partial charge in [0.1, 0.15) is 6.04 Å². The highest BCUT2D eigenvalue weighted by Crippen LogP contribution is 2.37. The summed E-state index contributed by atoms with van der Waals surface area (Å²) in [4.78, 5) is 12.0. The number of hydrogen-bond donors (Lipinski definition) is 1. The molecule has 2 aromatic rings. The van der Waals surface area contributed by atoms with Gasteiger partial charge in [-0.15, -0.1) is 0 Å². The molecule has 0 saturated carbocycles. The normalized spacial score (nSPS) is 21.6. The molecule has 0 radical (unpaired) electrons. The summed E-state index contributed by atoms with van der Waals surface area (Å²) in [5.41, 5.74) is 3.37. The molecule has 23 heavy (non-hydrogen) atoms. The molecule has 0 bridgehead atoms. The number of ether oxygens (including phenoxy) is 3. The van der Waals surface area contributed by atoms with Crippen LogP contribution in [0.25, 0.3) is 0 Å². The molecule has 2 aliphatic rings. The van der Waals surface area contributed by atoms with E-state index in [0.717, 1.165) is 22.6 Å². The summed E-state index contributed by atoms with van der Waals surface area (Å²) in [7, 11) is 1.42. The molecule has 5 nitrogen and oxygen atoms in total. The largest absolute Gasteiger partial charge is 0.468 e. The number of methoxy groups -OCH3 is 1. The average Bonchev–Trinajstić information content (AvgIpc) is 3.07. The Morgan fingerprint density at radius 1 is 1.17 bits per heavy atom. The van der Waals surface area contributed by atoms with E-state index >= 15 is 0 Å². The van der Waals surface area contributed by atoms with Gasteiger partial charge in [-0.1, -0.05) is 30.3 Å². The number of hydrogen-bond acceptors (Lipinski definition) is 5. The minimum absolute atomic E-state index is 0.0847. The Hall–Kier alpha value is -2.53. The predicted octanol–water partition coefficient (Wildman–Crippen LogP) is 2.19. The molecule has 2 aromatic carbocycles. The fourth-order valence-corrected chi connectivity index (χ4v) is 3.23. The van der Waals surface area contributed by atoms with Crippen LogP contribution in [0.5, 0.6) is 11.5 Å². The summed E-state index contributed by atoms with van der Waals surface area (Å²) in [6, 6.07) is 13.6. The summed E-state index contributed by atoms with van der Waals surface area (Å²) >= 11 is 0. The lowest BCUT2D eigenvalue weighted by Gasteiger charge is -2.32. The van der Waals surface area contributed by atoms with Gasteiger partial charge in [-0.05, 0) is 35.2 Å². The molecule has 0 fully saturated rings. The van der Waals surface area contributed by atoms with Crippen LogP contribution in [0, 0.1) is 0 Å². The van der Waals surface area contributed by atoms with Crippen molar-refractivity contribution in [3.05, 3.63) is 59.2 Å². The molecule has 2 aliphatic heterocycles. The predicted molar refractivity (Wildman–Crippen MR) is 83.5 cm³/mol. The molecule has 118 valence electrons. The van der Waals surface area contributed by atoms with Crippen molar-refractivity contribution in [3.63, 3.8) is 0 Å². The van der Waals surface area contributed by atoms with Gasteiger partial charge in [-0.25, -0.2) is 0 Å². The molecular formula is C18H17NO4. The molecule has 2 heterocycles. The van der Waals surface area contributed by atoms with Gasteiger partial charge in [0.15, 0.2) is 11.5 Å². The van der Waals surface area contributed by atoms with E-state index in [1.807, 2.05) is 30.3 Å². The number of fused-ring (bicyclic) bond motifs is 2. The third kappa shape index (κ3) is 2.43. The van der Waals surface area contributed by atoms with E-state index in [0.29, 0.717) is 6.42 Å². The topological polar surface area (TPSA) is 56.8 Å². The first-order valence-electron chi connectivity index (χ1n) is 7.57. The van der Waals surface area contributed by atoms with Gasteiger partial charge in [-0.3, -0.25) is 10.1 Å². The van der Waals surface area contributed by atoms with Gasteiger partial charge >= 0.3 is 5.97 Å². The second kappa shape index (κ2) is 5.59. The molecule has 1 N–H and O–H groups in total. The molecular weight excluding hydrogens is 294 g/mol. The van der Waals surface area contributed by atoms with Crippen LogP contribution in [-0.4, -0.2) is 25.9 Å². The molecule has 0 aliphatic carbocycles. The maximum absolute atomic E-state index is 12.0. The standard InChI is InChI=1S/C18H17NO4/c1-21-18(20)14-8-11-4-2-3-5-13(11)17(19-14)12-6-7-15-16(9-12)23-10-22-15/h2-7,9,14,17,19H,8,10H2,1H3/t14?,17-/m1/s1. The molecule has 0 saturated heterocycles. The summed E-state index contributed by atoms with van der Waals surface area (Å²) < 4.78 is 15.8. The monoisotopic (exact) mass is 311 g/mol. The first-order valence-corrected chi connectivity index (χ1v) is 7.57. The first kappa shape index (κ1) is 14.1.